The maximum Gasteiger partial charge on any atom is 0.158 e. The lowest BCUT2D eigenvalue weighted by Gasteiger charge is -2.14. The van der Waals surface area contributed by atoms with Crippen LogP contribution in [0.3, 0.4) is 0 Å². The molecule has 0 aliphatic heterocycles. The van der Waals surface area contributed by atoms with E-state index in [4.69, 9.17) is 4.98 Å². The summed E-state index contributed by atoms with van der Waals surface area (Å²) in [6, 6.07) is 12.2. The Balaban J connectivity index is 2.44. The van der Waals surface area contributed by atoms with Crippen LogP contribution in [0.15, 0.2) is 36.5 Å². The molecule has 3 aromatic rings. The van der Waals surface area contributed by atoms with Crippen molar-refractivity contribution < 1.29 is 0 Å². The van der Waals surface area contributed by atoms with Gasteiger partial charge in [-0.2, -0.15) is 10.4 Å². The van der Waals surface area contributed by atoms with E-state index in [2.05, 4.69) is 25.0 Å². The van der Waals surface area contributed by atoms with Crippen molar-refractivity contribution in [2.75, 3.05) is 0 Å². The fourth-order valence-corrected chi connectivity index (χ4v) is 2.86. The molecule has 0 N–H and O–H groups in total. The van der Waals surface area contributed by atoms with Crippen molar-refractivity contribution >= 4 is 11.0 Å². The number of nitriles is 1. The Morgan fingerprint density at radius 2 is 1.95 bits per heavy atom. The predicted octanol–water partition coefficient (Wildman–Crippen LogP) is 4.11. The van der Waals surface area contributed by atoms with Crippen LogP contribution < -0.4 is 0 Å². The Labute approximate surface area is 130 Å². The molecule has 4 heteroatoms. The number of hydrogen-bond acceptors (Lipinski definition) is 3. The number of rotatable bonds is 3. The van der Waals surface area contributed by atoms with E-state index in [9.17, 15) is 5.26 Å². The summed E-state index contributed by atoms with van der Waals surface area (Å²) in [6.07, 6.45) is 1.83. The quantitative estimate of drug-likeness (QED) is 0.729. The molecule has 2 heterocycles. The lowest BCUT2D eigenvalue weighted by molar-refractivity contribution is 0.677. The molecule has 0 unspecified atom stereocenters. The number of fused-ring (bicyclic) bond motifs is 1. The molecule has 0 aliphatic carbocycles. The Morgan fingerprint density at radius 1 is 1.23 bits per heavy atom. The van der Waals surface area contributed by atoms with Gasteiger partial charge in [0.25, 0.3) is 0 Å². The predicted molar refractivity (Wildman–Crippen MR) is 87.4 cm³/mol. The first-order valence-electron chi connectivity index (χ1n) is 7.52. The maximum absolute atomic E-state index is 9.72. The number of aryl methyl sites for hydroxylation is 1. The first kappa shape index (κ1) is 14.3. The van der Waals surface area contributed by atoms with E-state index in [0.29, 0.717) is 5.56 Å². The molecule has 0 saturated carbocycles. The fourth-order valence-electron chi connectivity index (χ4n) is 2.86. The number of nitrogens with zero attached hydrogens (tertiary/aromatic N) is 4. The molecule has 3 rings (SSSR count). The minimum absolute atomic E-state index is 0.233. The average Bonchev–Trinajstić information content (AvgIpc) is 2.96. The van der Waals surface area contributed by atoms with Gasteiger partial charge >= 0.3 is 0 Å². The van der Waals surface area contributed by atoms with Gasteiger partial charge in [0.1, 0.15) is 6.07 Å². The highest BCUT2D eigenvalue weighted by Crippen LogP contribution is 2.33. The third-order valence-corrected chi connectivity index (χ3v) is 3.86. The molecule has 0 spiro atoms. The maximum atomic E-state index is 9.72. The zero-order chi connectivity index (χ0) is 15.7. The Morgan fingerprint density at radius 3 is 2.55 bits per heavy atom. The summed E-state index contributed by atoms with van der Waals surface area (Å²) in [5.41, 5.74) is 4.25. The van der Waals surface area contributed by atoms with Crippen molar-refractivity contribution in [3.8, 4) is 17.3 Å². The Bertz CT molecular complexity index is 854. The Hall–Kier alpha value is -2.67. The molecule has 0 bridgehead atoms. The van der Waals surface area contributed by atoms with Crippen LogP contribution in [0.2, 0.25) is 0 Å². The lowest BCUT2D eigenvalue weighted by Crippen LogP contribution is -2.03. The van der Waals surface area contributed by atoms with E-state index in [1.165, 1.54) is 0 Å². The topological polar surface area (TPSA) is 54.5 Å². The second kappa shape index (κ2) is 5.61. The summed E-state index contributed by atoms with van der Waals surface area (Å²) < 4.78 is 1.88. The summed E-state index contributed by atoms with van der Waals surface area (Å²) in [7, 11) is 0. The van der Waals surface area contributed by atoms with Crippen molar-refractivity contribution in [3.05, 3.63) is 47.7 Å². The molecule has 22 heavy (non-hydrogen) atoms. The van der Waals surface area contributed by atoms with Crippen molar-refractivity contribution in [2.45, 2.75) is 33.2 Å². The van der Waals surface area contributed by atoms with Crippen molar-refractivity contribution in [2.24, 2.45) is 0 Å². The van der Waals surface area contributed by atoms with Crippen LogP contribution >= 0.6 is 0 Å². The zero-order valence-electron chi connectivity index (χ0n) is 13.0. The molecule has 0 saturated heterocycles. The highest BCUT2D eigenvalue weighted by molar-refractivity contribution is 5.87. The highest BCUT2D eigenvalue weighted by atomic mass is 15.3. The van der Waals surface area contributed by atoms with E-state index < -0.39 is 0 Å². The molecule has 1 aromatic carbocycles. The van der Waals surface area contributed by atoms with Gasteiger partial charge in [-0.05, 0) is 18.4 Å². The largest absolute Gasteiger partial charge is 0.248 e. The molecule has 110 valence electrons. The minimum Gasteiger partial charge on any atom is -0.248 e. The minimum atomic E-state index is 0.233. The van der Waals surface area contributed by atoms with Gasteiger partial charge in [0.05, 0.1) is 17.5 Å². The van der Waals surface area contributed by atoms with Crippen LogP contribution in [0.1, 0.15) is 37.8 Å². The summed E-state index contributed by atoms with van der Waals surface area (Å²) in [4.78, 5) is 4.77. The van der Waals surface area contributed by atoms with Gasteiger partial charge in [-0.3, -0.25) is 0 Å². The lowest BCUT2D eigenvalue weighted by atomic mass is 9.92. The molecule has 0 radical (unpaired) electrons. The number of hydrogen-bond donors (Lipinski definition) is 0. The van der Waals surface area contributed by atoms with Crippen LogP contribution in [0.4, 0.5) is 0 Å². The van der Waals surface area contributed by atoms with Gasteiger partial charge in [-0.25, -0.2) is 9.67 Å². The van der Waals surface area contributed by atoms with E-state index in [-0.39, 0.29) is 5.92 Å². The van der Waals surface area contributed by atoms with Crippen molar-refractivity contribution in [1.82, 2.24) is 14.8 Å². The van der Waals surface area contributed by atoms with Crippen LogP contribution in [0.25, 0.3) is 22.3 Å². The van der Waals surface area contributed by atoms with Crippen LogP contribution in [-0.4, -0.2) is 14.8 Å². The van der Waals surface area contributed by atoms with Crippen LogP contribution in [0.5, 0.6) is 0 Å². The van der Waals surface area contributed by atoms with Crippen LogP contribution in [0, 0.1) is 11.3 Å². The monoisotopic (exact) mass is 290 g/mol. The summed E-state index contributed by atoms with van der Waals surface area (Å²) >= 11 is 0. The second-order valence-electron chi connectivity index (χ2n) is 5.58. The van der Waals surface area contributed by atoms with Gasteiger partial charge in [0.2, 0.25) is 0 Å². The standard InChI is InChI=1S/C18H18N4/c1-4-22-18-15(11-20-22)16(12(2)3)14(10-19)17(21-18)13-8-6-5-7-9-13/h5-9,11-12H,4H2,1-3H3. The summed E-state index contributed by atoms with van der Waals surface area (Å²) in [5.74, 6) is 0.233. The van der Waals surface area contributed by atoms with Gasteiger partial charge < -0.3 is 0 Å². The van der Waals surface area contributed by atoms with E-state index in [0.717, 1.165) is 34.4 Å². The second-order valence-corrected chi connectivity index (χ2v) is 5.58. The summed E-state index contributed by atoms with van der Waals surface area (Å²) in [6.45, 7) is 7.01. The molecule has 0 fully saturated rings. The molecule has 0 atom stereocenters. The zero-order valence-corrected chi connectivity index (χ0v) is 13.0. The molecule has 0 aliphatic rings. The third kappa shape index (κ3) is 2.15. The number of aromatic nitrogens is 3. The molecule has 2 aromatic heterocycles. The van der Waals surface area contributed by atoms with Gasteiger partial charge in [-0.15, -0.1) is 0 Å². The average molecular weight is 290 g/mol. The van der Waals surface area contributed by atoms with Crippen LogP contribution in [-0.2, 0) is 6.54 Å². The number of benzene rings is 1. The third-order valence-electron chi connectivity index (χ3n) is 3.86. The summed E-state index contributed by atoms with van der Waals surface area (Å²) in [5, 5.41) is 15.1. The molecule has 4 nitrogen and oxygen atoms in total. The van der Waals surface area contributed by atoms with Crippen molar-refractivity contribution in [1.29, 1.82) is 5.26 Å². The Kier molecular flexibility index (Phi) is 3.64. The SMILES string of the molecule is CCn1ncc2c(C(C)C)c(C#N)c(-c3ccccc3)nc21. The van der Waals surface area contributed by atoms with Gasteiger partial charge in [0, 0.05) is 17.5 Å². The normalized spacial score (nSPS) is 11.0. The highest BCUT2D eigenvalue weighted by Gasteiger charge is 2.20. The van der Waals surface area contributed by atoms with E-state index in [1.807, 2.05) is 48.1 Å². The van der Waals surface area contributed by atoms with Gasteiger partial charge in [0.15, 0.2) is 5.65 Å². The first-order chi connectivity index (χ1) is 10.7. The molecule has 0 amide bonds. The van der Waals surface area contributed by atoms with Gasteiger partial charge in [-0.1, -0.05) is 44.2 Å². The van der Waals surface area contributed by atoms with E-state index >= 15 is 0 Å². The fraction of sp³-hybridized carbons (Fsp3) is 0.278. The first-order valence-corrected chi connectivity index (χ1v) is 7.52. The smallest absolute Gasteiger partial charge is 0.158 e. The molecular formula is C18H18N4. The number of pyridine rings is 1. The van der Waals surface area contributed by atoms with E-state index in [1.54, 1.807) is 0 Å². The van der Waals surface area contributed by atoms with Crippen molar-refractivity contribution in [3.63, 3.8) is 0 Å². The molecular weight excluding hydrogens is 272 g/mol.